The summed E-state index contributed by atoms with van der Waals surface area (Å²) in [5.41, 5.74) is 6.08. The maximum absolute atomic E-state index is 8.47. The van der Waals surface area contributed by atoms with Crippen LogP contribution >= 0.6 is 0 Å². The topological polar surface area (TPSA) is 63.3 Å². The molecule has 1 heterocycles. The van der Waals surface area contributed by atoms with Crippen molar-refractivity contribution in [1.29, 1.82) is 10.8 Å². The molecule has 1 aliphatic heterocycles. The molecule has 1 atom stereocenters. The lowest BCUT2D eigenvalue weighted by molar-refractivity contribution is 0.950. The van der Waals surface area contributed by atoms with Crippen LogP contribution in [0.2, 0.25) is 0 Å². The summed E-state index contributed by atoms with van der Waals surface area (Å²) in [6.45, 7) is 7.73. The molecule has 3 rings (SSSR count). The zero-order valence-corrected chi connectivity index (χ0v) is 14.5. The van der Waals surface area contributed by atoms with E-state index in [1.165, 1.54) is 5.56 Å². The van der Waals surface area contributed by atoms with Gasteiger partial charge in [-0.05, 0) is 39.8 Å². The summed E-state index contributed by atoms with van der Waals surface area (Å²) in [4.78, 5) is 6.51. The zero-order valence-electron chi connectivity index (χ0n) is 14.5. The third kappa shape index (κ3) is 2.75. The van der Waals surface area contributed by atoms with E-state index in [-0.39, 0.29) is 6.04 Å². The lowest BCUT2D eigenvalue weighted by atomic mass is 9.97. The summed E-state index contributed by atoms with van der Waals surface area (Å²) in [5.74, 6) is 0.659. The van der Waals surface area contributed by atoms with Crippen molar-refractivity contribution in [3.05, 3.63) is 64.7 Å². The minimum atomic E-state index is -0.311. The van der Waals surface area contributed by atoms with Crippen molar-refractivity contribution in [2.24, 2.45) is 4.99 Å². The molecule has 0 saturated carbocycles. The first-order valence-corrected chi connectivity index (χ1v) is 8.08. The number of anilines is 1. The Hall–Kier alpha value is -2.75. The van der Waals surface area contributed by atoms with E-state index in [4.69, 9.17) is 15.8 Å². The highest BCUT2D eigenvalue weighted by Crippen LogP contribution is 2.30. The van der Waals surface area contributed by atoms with Gasteiger partial charge in [-0.15, -0.1) is 0 Å². The molecule has 0 saturated heterocycles. The van der Waals surface area contributed by atoms with Gasteiger partial charge in [-0.2, -0.15) is 0 Å². The van der Waals surface area contributed by atoms with Crippen molar-refractivity contribution in [3.63, 3.8) is 0 Å². The average molecular weight is 318 g/mol. The maximum Gasteiger partial charge on any atom is 0.131 e. The van der Waals surface area contributed by atoms with Crippen LogP contribution in [0.3, 0.4) is 0 Å². The molecule has 2 aromatic rings. The van der Waals surface area contributed by atoms with Gasteiger partial charge in [-0.1, -0.05) is 41.5 Å². The predicted molar refractivity (Wildman–Crippen MR) is 101 cm³/mol. The molecule has 0 bridgehead atoms. The van der Waals surface area contributed by atoms with Crippen LogP contribution in [0.15, 0.2) is 47.5 Å². The van der Waals surface area contributed by atoms with Crippen molar-refractivity contribution in [2.75, 3.05) is 4.90 Å². The molecule has 1 aliphatic rings. The number of benzene rings is 2. The lowest BCUT2D eigenvalue weighted by Gasteiger charge is -2.25. The molecule has 2 N–H and O–H groups in total. The van der Waals surface area contributed by atoms with E-state index >= 15 is 0 Å². The number of hydrogen-bond donors (Lipinski definition) is 2. The average Bonchev–Trinajstić information content (AvgIpc) is 2.64. The fourth-order valence-corrected chi connectivity index (χ4v) is 2.98. The number of benzodiazepines with no additional fused rings is 1. The highest BCUT2D eigenvalue weighted by molar-refractivity contribution is 6.26. The molecule has 0 aromatic heterocycles. The molecule has 0 radical (unpaired) electrons. The zero-order chi connectivity index (χ0) is 17.4. The molecule has 0 amide bonds. The predicted octanol–water partition coefficient (Wildman–Crippen LogP) is 4.32. The number of fused-ring (bicyclic) bond motifs is 1. The number of nitrogens with zero attached hydrogens (tertiary/aromatic N) is 2. The third-order valence-corrected chi connectivity index (χ3v) is 4.27. The van der Waals surface area contributed by atoms with Gasteiger partial charge in [-0.3, -0.25) is 20.7 Å². The van der Waals surface area contributed by atoms with E-state index in [1.807, 2.05) is 26.0 Å². The fourth-order valence-electron chi connectivity index (χ4n) is 2.98. The van der Waals surface area contributed by atoms with E-state index < -0.39 is 0 Å². The van der Waals surface area contributed by atoms with Crippen LogP contribution in [0.5, 0.6) is 0 Å². The summed E-state index contributed by atoms with van der Waals surface area (Å²) in [6, 6.07) is 14.1. The summed E-state index contributed by atoms with van der Waals surface area (Å²) in [7, 11) is 0. The minimum Gasteiger partial charge on any atom is -0.288 e. The molecule has 0 aliphatic carbocycles. The second-order valence-corrected chi connectivity index (χ2v) is 6.35. The highest BCUT2D eigenvalue weighted by atomic mass is 15.2. The Balaban J connectivity index is 2.28. The van der Waals surface area contributed by atoms with Crippen LogP contribution < -0.4 is 4.90 Å². The molecule has 122 valence electrons. The van der Waals surface area contributed by atoms with E-state index in [1.54, 1.807) is 11.8 Å². The summed E-state index contributed by atoms with van der Waals surface area (Å²) < 4.78 is 0. The molecule has 4 nitrogen and oxygen atoms in total. The van der Waals surface area contributed by atoms with Crippen LogP contribution in [0, 0.1) is 24.7 Å². The van der Waals surface area contributed by atoms with E-state index in [0.29, 0.717) is 11.7 Å². The van der Waals surface area contributed by atoms with Crippen LogP contribution in [0.25, 0.3) is 0 Å². The smallest absolute Gasteiger partial charge is 0.131 e. The van der Waals surface area contributed by atoms with Crippen molar-refractivity contribution in [1.82, 2.24) is 0 Å². The standard InChI is InChI=1S/C20H22N4/c1-12-5-8-16(9-6-12)19-17-11-13(2)7-10-18(17)24(15(4)21)20(22)14(3)23-19/h5-11,14,21-22H,1-4H3/t14-/m0/s1. The lowest BCUT2D eigenvalue weighted by Crippen LogP contribution is -2.39. The SMILES string of the molecule is CC(=N)N1C(=N)[C@H](C)N=C(c2ccc(C)cc2)c2cc(C)ccc21. The van der Waals surface area contributed by atoms with E-state index in [9.17, 15) is 0 Å². The fraction of sp³-hybridized carbons (Fsp3) is 0.250. The monoisotopic (exact) mass is 318 g/mol. The highest BCUT2D eigenvalue weighted by Gasteiger charge is 2.28. The first-order chi connectivity index (χ1) is 11.4. The van der Waals surface area contributed by atoms with Crippen molar-refractivity contribution >= 4 is 23.1 Å². The van der Waals surface area contributed by atoms with Crippen LogP contribution in [0.4, 0.5) is 5.69 Å². The van der Waals surface area contributed by atoms with Gasteiger partial charge in [-0.25, -0.2) is 0 Å². The number of aryl methyl sites for hydroxylation is 2. The van der Waals surface area contributed by atoms with Gasteiger partial charge in [0.1, 0.15) is 17.7 Å². The Kier molecular flexibility index (Phi) is 4.06. The first kappa shape index (κ1) is 16.1. The number of hydrogen-bond acceptors (Lipinski definition) is 3. The molecule has 0 unspecified atom stereocenters. The van der Waals surface area contributed by atoms with Crippen LogP contribution in [0.1, 0.15) is 36.1 Å². The molecular weight excluding hydrogens is 296 g/mol. The Morgan fingerprint density at radius 1 is 1.04 bits per heavy atom. The second-order valence-electron chi connectivity index (χ2n) is 6.35. The maximum atomic E-state index is 8.47. The van der Waals surface area contributed by atoms with Crippen molar-refractivity contribution < 1.29 is 0 Å². The molecule has 2 aromatic carbocycles. The van der Waals surface area contributed by atoms with Gasteiger partial charge in [0, 0.05) is 11.1 Å². The Labute approximate surface area is 142 Å². The van der Waals surface area contributed by atoms with Crippen molar-refractivity contribution in [3.8, 4) is 0 Å². The van der Waals surface area contributed by atoms with E-state index in [0.717, 1.165) is 28.1 Å². The molecule has 0 spiro atoms. The molecule has 4 heteroatoms. The molecule has 24 heavy (non-hydrogen) atoms. The number of nitrogens with one attached hydrogen (secondary N) is 2. The van der Waals surface area contributed by atoms with Gasteiger partial charge in [0.2, 0.25) is 0 Å². The number of aliphatic imine (C=N–C) groups is 1. The van der Waals surface area contributed by atoms with Gasteiger partial charge in [0.25, 0.3) is 0 Å². The van der Waals surface area contributed by atoms with Gasteiger partial charge in [0.05, 0.1) is 11.4 Å². The minimum absolute atomic E-state index is 0.311. The molecular formula is C20H22N4. The third-order valence-electron chi connectivity index (χ3n) is 4.27. The van der Waals surface area contributed by atoms with Gasteiger partial charge < -0.3 is 0 Å². The summed E-state index contributed by atoms with van der Waals surface area (Å²) in [6.07, 6.45) is 0. The van der Waals surface area contributed by atoms with Gasteiger partial charge in [0.15, 0.2) is 0 Å². The first-order valence-electron chi connectivity index (χ1n) is 8.08. The Morgan fingerprint density at radius 3 is 2.29 bits per heavy atom. The summed E-state index contributed by atoms with van der Waals surface area (Å²) >= 11 is 0. The Morgan fingerprint density at radius 2 is 1.67 bits per heavy atom. The summed E-state index contributed by atoms with van der Waals surface area (Å²) in [5, 5.41) is 16.6. The van der Waals surface area contributed by atoms with Crippen LogP contribution in [-0.2, 0) is 0 Å². The number of amidine groups is 2. The quantitative estimate of drug-likeness (QED) is 0.597. The molecule has 0 fully saturated rings. The van der Waals surface area contributed by atoms with E-state index in [2.05, 4.69) is 37.3 Å². The number of rotatable bonds is 1. The normalized spacial score (nSPS) is 17.2. The van der Waals surface area contributed by atoms with Gasteiger partial charge >= 0.3 is 0 Å². The van der Waals surface area contributed by atoms with Crippen molar-refractivity contribution in [2.45, 2.75) is 33.7 Å². The van der Waals surface area contributed by atoms with Crippen LogP contribution in [-0.4, -0.2) is 23.4 Å². The second kappa shape index (κ2) is 6.04. The largest absolute Gasteiger partial charge is 0.288 e. The Bertz CT molecular complexity index is 846.